The molecule has 2 amide bonds. The summed E-state index contributed by atoms with van der Waals surface area (Å²) in [6, 6.07) is 2.30. The smallest absolute Gasteiger partial charge is 0.223 e. The van der Waals surface area contributed by atoms with Crippen molar-refractivity contribution in [2.75, 3.05) is 13.1 Å². The molecule has 0 atom stereocenters. The van der Waals surface area contributed by atoms with Gasteiger partial charge in [0.15, 0.2) is 5.78 Å². The molecule has 2 aliphatic rings. The number of aryl methyl sites for hydroxylation is 2. The lowest BCUT2D eigenvalue weighted by Gasteiger charge is -2.31. The van der Waals surface area contributed by atoms with Crippen LogP contribution in [0.1, 0.15) is 58.6 Å². The number of hydrogen-bond donors (Lipinski definition) is 1. The molecule has 0 unspecified atom stereocenters. The van der Waals surface area contributed by atoms with Gasteiger partial charge in [0.05, 0.1) is 0 Å². The first-order valence-electron chi connectivity index (χ1n) is 9.12. The summed E-state index contributed by atoms with van der Waals surface area (Å²) in [4.78, 5) is 40.7. The van der Waals surface area contributed by atoms with E-state index in [0.29, 0.717) is 19.1 Å². The molecule has 25 heavy (non-hydrogen) atoms. The highest BCUT2D eigenvalue weighted by Gasteiger charge is 2.31. The summed E-state index contributed by atoms with van der Waals surface area (Å²) in [7, 11) is 0. The molecule has 1 aliphatic carbocycles. The minimum atomic E-state index is 0.0269. The van der Waals surface area contributed by atoms with Gasteiger partial charge in [0, 0.05) is 53.2 Å². The normalized spacial score (nSPS) is 18.2. The van der Waals surface area contributed by atoms with Gasteiger partial charge in [-0.25, -0.2) is 0 Å². The summed E-state index contributed by atoms with van der Waals surface area (Å²) in [6.45, 7) is 5.17. The summed E-state index contributed by atoms with van der Waals surface area (Å²) in [5, 5.41) is 3.05. The van der Waals surface area contributed by atoms with Gasteiger partial charge in [0.25, 0.3) is 0 Å². The molecule has 1 aliphatic heterocycles. The Hall–Kier alpha value is -1.69. The van der Waals surface area contributed by atoms with E-state index in [1.165, 1.54) is 0 Å². The second kappa shape index (κ2) is 7.68. The molecule has 1 saturated heterocycles. The molecule has 5 nitrogen and oxygen atoms in total. The fraction of sp³-hybridized carbons (Fsp3) is 0.632. The van der Waals surface area contributed by atoms with E-state index >= 15 is 0 Å². The molecule has 1 N–H and O–H groups in total. The number of nitrogens with zero attached hydrogens (tertiary/aromatic N) is 1. The van der Waals surface area contributed by atoms with Crippen LogP contribution in [0.3, 0.4) is 0 Å². The zero-order valence-electron chi connectivity index (χ0n) is 15.0. The maximum atomic E-state index is 12.4. The highest BCUT2D eigenvalue weighted by atomic mass is 32.1. The van der Waals surface area contributed by atoms with E-state index in [4.69, 9.17) is 0 Å². The number of thiophene rings is 1. The standard InChI is InChI=1S/C19H26N2O3S/c1-12-11-16(13(2)25-12)17(22)5-6-18(23)21-9-7-14(8-10-21)19(24)20-15-3-4-15/h11,14-15H,3-10H2,1-2H3,(H,20,24). The lowest BCUT2D eigenvalue weighted by Crippen LogP contribution is -2.43. The van der Waals surface area contributed by atoms with Gasteiger partial charge in [0.2, 0.25) is 11.8 Å². The monoisotopic (exact) mass is 362 g/mol. The summed E-state index contributed by atoms with van der Waals surface area (Å²) >= 11 is 1.62. The fourth-order valence-corrected chi connectivity index (χ4v) is 4.30. The number of likely N-dealkylation sites (tertiary alicyclic amines) is 1. The third-order valence-electron chi connectivity index (χ3n) is 5.05. The van der Waals surface area contributed by atoms with Crippen LogP contribution in [0.5, 0.6) is 0 Å². The molecule has 1 saturated carbocycles. The number of piperidine rings is 1. The molecule has 0 radical (unpaired) electrons. The Bertz CT molecular complexity index is 670. The molecule has 2 heterocycles. The Morgan fingerprint density at radius 1 is 1.12 bits per heavy atom. The van der Waals surface area contributed by atoms with Gasteiger partial charge < -0.3 is 10.2 Å². The highest BCUT2D eigenvalue weighted by Crippen LogP contribution is 2.24. The average Bonchev–Trinajstić information content (AvgIpc) is 3.34. The predicted octanol–water partition coefficient (Wildman–Crippen LogP) is 2.85. The minimum Gasteiger partial charge on any atom is -0.353 e. The molecule has 1 aromatic rings. The number of nitrogens with one attached hydrogen (secondary N) is 1. The Balaban J connectivity index is 1.42. The fourth-order valence-electron chi connectivity index (χ4n) is 3.36. The SMILES string of the molecule is Cc1cc(C(=O)CCC(=O)N2CCC(C(=O)NC3CC3)CC2)c(C)s1. The number of Topliss-reactive ketones (excluding diaryl/α,β-unsaturated/α-hetero) is 1. The van der Waals surface area contributed by atoms with E-state index in [-0.39, 0.29) is 36.4 Å². The molecular weight excluding hydrogens is 336 g/mol. The zero-order chi connectivity index (χ0) is 18.0. The van der Waals surface area contributed by atoms with Crippen LogP contribution in [0.2, 0.25) is 0 Å². The van der Waals surface area contributed by atoms with Gasteiger partial charge in [-0.1, -0.05) is 0 Å². The Morgan fingerprint density at radius 3 is 2.36 bits per heavy atom. The van der Waals surface area contributed by atoms with Crippen LogP contribution in [0, 0.1) is 19.8 Å². The van der Waals surface area contributed by atoms with Crippen molar-refractivity contribution in [3.8, 4) is 0 Å². The van der Waals surface area contributed by atoms with Gasteiger partial charge in [-0.15, -0.1) is 11.3 Å². The molecule has 1 aromatic heterocycles. The van der Waals surface area contributed by atoms with Gasteiger partial charge in [0.1, 0.15) is 0 Å². The number of amides is 2. The predicted molar refractivity (Wildman–Crippen MR) is 97.8 cm³/mol. The van der Waals surface area contributed by atoms with Gasteiger partial charge in [-0.3, -0.25) is 14.4 Å². The van der Waals surface area contributed by atoms with E-state index in [1.807, 2.05) is 19.9 Å². The first-order valence-corrected chi connectivity index (χ1v) is 9.94. The Morgan fingerprint density at radius 2 is 1.80 bits per heavy atom. The number of carbonyl (C=O) groups excluding carboxylic acids is 3. The van der Waals surface area contributed by atoms with Gasteiger partial charge >= 0.3 is 0 Å². The lowest BCUT2D eigenvalue weighted by atomic mass is 9.95. The van der Waals surface area contributed by atoms with Gasteiger partial charge in [-0.2, -0.15) is 0 Å². The van der Waals surface area contributed by atoms with Crippen LogP contribution in [0.4, 0.5) is 0 Å². The van der Waals surface area contributed by atoms with Crippen molar-refractivity contribution in [3.63, 3.8) is 0 Å². The van der Waals surface area contributed by atoms with Crippen LogP contribution < -0.4 is 5.32 Å². The third-order valence-corrected chi connectivity index (χ3v) is 6.02. The zero-order valence-corrected chi connectivity index (χ0v) is 15.8. The van der Waals surface area contributed by atoms with Crippen molar-refractivity contribution in [1.82, 2.24) is 10.2 Å². The summed E-state index contributed by atoms with van der Waals surface area (Å²) in [6.07, 6.45) is 4.16. The maximum Gasteiger partial charge on any atom is 0.223 e. The van der Waals surface area contributed by atoms with E-state index in [1.54, 1.807) is 16.2 Å². The molecular formula is C19H26N2O3S. The van der Waals surface area contributed by atoms with E-state index in [9.17, 15) is 14.4 Å². The number of hydrogen-bond acceptors (Lipinski definition) is 4. The van der Waals surface area contributed by atoms with Crippen molar-refractivity contribution in [1.29, 1.82) is 0 Å². The van der Waals surface area contributed by atoms with Crippen molar-refractivity contribution < 1.29 is 14.4 Å². The molecule has 2 fully saturated rings. The second-order valence-electron chi connectivity index (χ2n) is 7.19. The molecule has 136 valence electrons. The third kappa shape index (κ3) is 4.69. The van der Waals surface area contributed by atoms with Crippen LogP contribution in [-0.2, 0) is 9.59 Å². The van der Waals surface area contributed by atoms with Crippen molar-refractivity contribution in [2.24, 2.45) is 5.92 Å². The molecule has 0 bridgehead atoms. The highest BCUT2D eigenvalue weighted by molar-refractivity contribution is 7.12. The molecule has 0 spiro atoms. The molecule has 6 heteroatoms. The summed E-state index contributed by atoms with van der Waals surface area (Å²) in [5.41, 5.74) is 0.755. The largest absolute Gasteiger partial charge is 0.353 e. The Labute approximate surface area is 152 Å². The van der Waals surface area contributed by atoms with Crippen LogP contribution in [0.25, 0.3) is 0 Å². The summed E-state index contributed by atoms with van der Waals surface area (Å²) < 4.78 is 0. The van der Waals surface area contributed by atoms with E-state index < -0.39 is 0 Å². The minimum absolute atomic E-state index is 0.0269. The van der Waals surface area contributed by atoms with Crippen LogP contribution >= 0.6 is 11.3 Å². The lowest BCUT2D eigenvalue weighted by molar-refractivity contribution is -0.135. The number of ketones is 1. The van der Waals surface area contributed by atoms with Crippen molar-refractivity contribution in [3.05, 3.63) is 21.4 Å². The van der Waals surface area contributed by atoms with Gasteiger partial charge in [-0.05, 0) is 45.6 Å². The molecule has 3 rings (SSSR count). The first-order chi connectivity index (χ1) is 11.9. The number of carbonyl (C=O) groups is 3. The van der Waals surface area contributed by atoms with Crippen LogP contribution in [-0.4, -0.2) is 41.6 Å². The maximum absolute atomic E-state index is 12.4. The Kier molecular flexibility index (Phi) is 5.57. The molecule has 0 aromatic carbocycles. The van der Waals surface area contributed by atoms with Crippen LogP contribution in [0.15, 0.2) is 6.07 Å². The van der Waals surface area contributed by atoms with Crippen molar-refractivity contribution in [2.45, 2.75) is 58.4 Å². The topological polar surface area (TPSA) is 66.5 Å². The second-order valence-corrected chi connectivity index (χ2v) is 8.65. The quantitative estimate of drug-likeness (QED) is 0.792. The van der Waals surface area contributed by atoms with Crippen molar-refractivity contribution >= 4 is 28.9 Å². The summed E-state index contributed by atoms with van der Waals surface area (Å²) in [5.74, 6) is 0.253. The first kappa shape index (κ1) is 18.1. The number of rotatable bonds is 6. The average molecular weight is 362 g/mol. The van der Waals surface area contributed by atoms with E-state index in [0.717, 1.165) is 41.0 Å². The van der Waals surface area contributed by atoms with E-state index in [2.05, 4.69) is 5.32 Å².